The molecule has 1 aromatic rings. The monoisotopic (exact) mass is 261 g/mol. The number of terminal acetylenes is 1. The number of rotatable bonds is 8. The average Bonchev–Trinajstić information content (AvgIpc) is 2.44. The molecule has 0 aromatic heterocycles. The van der Waals surface area contributed by atoms with E-state index in [-0.39, 0.29) is 6.04 Å². The molecular formula is C16H23NO2. The van der Waals surface area contributed by atoms with Crippen LogP contribution < -0.4 is 14.8 Å². The van der Waals surface area contributed by atoms with Crippen molar-refractivity contribution in [2.75, 3.05) is 13.7 Å². The van der Waals surface area contributed by atoms with Crippen LogP contribution in [0, 0.1) is 12.3 Å². The molecule has 0 saturated heterocycles. The van der Waals surface area contributed by atoms with Crippen LogP contribution in [-0.4, -0.2) is 19.8 Å². The zero-order valence-electron chi connectivity index (χ0n) is 12.0. The summed E-state index contributed by atoms with van der Waals surface area (Å²) < 4.78 is 10.8. The van der Waals surface area contributed by atoms with Crippen molar-refractivity contribution in [3.05, 3.63) is 23.8 Å². The predicted octanol–water partition coefficient (Wildman–Crippen LogP) is 2.99. The Labute approximate surface area is 116 Å². The Kier molecular flexibility index (Phi) is 6.84. The molecule has 1 rings (SSSR count). The molecule has 1 unspecified atom stereocenters. The molecule has 1 atom stereocenters. The Bertz CT molecular complexity index is 423. The highest BCUT2D eigenvalue weighted by Gasteiger charge is 2.07. The number of hydrogen-bond donors (Lipinski definition) is 1. The highest BCUT2D eigenvalue weighted by molar-refractivity contribution is 5.43. The van der Waals surface area contributed by atoms with E-state index in [0.29, 0.717) is 6.61 Å². The number of hydrogen-bond acceptors (Lipinski definition) is 3. The fourth-order valence-corrected chi connectivity index (χ4v) is 1.87. The van der Waals surface area contributed by atoms with Crippen LogP contribution in [-0.2, 0) is 6.54 Å². The fraction of sp³-hybridized carbons (Fsp3) is 0.500. The first-order chi connectivity index (χ1) is 9.24. The maximum Gasteiger partial charge on any atom is 0.161 e. The van der Waals surface area contributed by atoms with Gasteiger partial charge in [-0.05, 0) is 31.0 Å². The molecule has 0 fully saturated rings. The van der Waals surface area contributed by atoms with E-state index in [9.17, 15) is 0 Å². The summed E-state index contributed by atoms with van der Waals surface area (Å²) in [5.74, 6) is 4.30. The third-order valence-electron chi connectivity index (χ3n) is 2.86. The minimum absolute atomic E-state index is 0.127. The van der Waals surface area contributed by atoms with Crippen molar-refractivity contribution in [2.24, 2.45) is 0 Å². The minimum atomic E-state index is 0.127. The second-order valence-electron chi connectivity index (χ2n) is 4.31. The highest BCUT2D eigenvalue weighted by atomic mass is 16.5. The van der Waals surface area contributed by atoms with Crippen molar-refractivity contribution in [3.63, 3.8) is 0 Å². The van der Waals surface area contributed by atoms with Gasteiger partial charge in [0.15, 0.2) is 11.5 Å². The lowest BCUT2D eigenvalue weighted by Crippen LogP contribution is -2.26. The maximum atomic E-state index is 5.56. The van der Waals surface area contributed by atoms with Gasteiger partial charge in [-0.3, -0.25) is 5.32 Å². The molecule has 0 saturated carbocycles. The van der Waals surface area contributed by atoms with Crippen molar-refractivity contribution in [2.45, 2.75) is 39.3 Å². The molecule has 0 bridgehead atoms. The molecule has 0 aliphatic rings. The molecule has 1 N–H and O–H groups in total. The zero-order chi connectivity index (χ0) is 14.1. The van der Waals surface area contributed by atoms with Gasteiger partial charge in [0.05, 0.1) is 19.8 Å². The molecule has 3 heteroatoms. The third kappa shape index (κ3) is 4.84. The van der Waals surface area contributed by atoms with E-state index in [1.807, 2.05) is 25.1 Å². The summed E-state index contributed by atoms with van der Waals surface area (Å²) in [5.41, 5.74) is 1.14. The lowest BCUT2D eigenvalue weighted by molar-refractivity contribution is 0.310. The lowest BCUT2D eigenvalue weighted by atomic mass is 10.1. The topological polar surface area (TPSA) is 30.5 Å². The Hall–Kier alpha value is -1.66. The molecule has 3 nitrogen and oxygen atoms in total. The van der Waals surface area contributed by atoms with Crippen LogP contribution in [0.2, 0.25) is 0 Å². The standard InChI is InChI=1S/C16H23NO2/c1-5-8-14(6-2)17-12-13-9-10-15(18-4)16(11-13)19-7-3/h2,9-11,14,17H,5,7-8,12H2,1,3-4H3. The van der Waals surface area contributed by atoms with E-state index in [1.165, 1.54) is 0 Å². The Morgan fingerprint density at radius 2 is 2.11 bits per heavy atom. The lowest BCUT2D eigenvalue weighted by Gasteiger charge is -2.14. The first-order valence-corrected chi connectivity index (χ1v) is 6.74. The Balaban J connectivity index is 2.68. The molecule has 0 aliphatic carbocycles. The van der Waals surface area contributed by atoms with Gasteiger partial charge in [-0.1, -0.05) is 25.3 Å². The van der Waals surface area contributed by atoms with Crippen molar-refractivity contribution in [3.8, 4) is 23.8 Å². The van der Waals surface area contributed by atoms with Gasteiger partial charge in [-0.15, -0.1) is 6.42 Å². The minimum Gasteiger partial charge on any atom is -0.493 e. The van der Waals surface area contributed by atoms with Crippen LogP contribution >= 0.6 is 0 Å². The molecule has 104 valence electrons. The predicted molar refractivity (Wildman–Crippen MR) is 78.5 cm³/mol. The van der Waals surface area contributed by atoms with E-state index in [1.54, 1.807) is 7.11 Å². The average molecular weight is 261 g/mol. The summed E-state index contributed by atoms with van der Waals surface area (Å²) >= 11 is 0. The molecule has 1 aromatic carbocycles. The Morgan fingerprint density at radius 3 is 2.68 bits per heavy atom. The number of methoxy groups -OCH3 is 1. The van der Waals surface area contributed by atoms with Gasteiger partial charge >= 0.3 is 0 Å². The SMILES string of the molecule is C#CC(CCC)NCc1ccc(OC)c(OCC)c1. The summed E-state index contributed by atoms with van der Waals surface area (Å²) in [6.07, 6.45) is 7.56. The maximum absolute atomic E-state index is 5.56. The summed E-state index contributed by atoms with van der Waals surface area (Å²) in [5, 5.41) is 3.36. The van der Waals surface area contributed by atoms with Crippen molar-refractivity contribution in [1.82, 2.24) is 5.32 Å². The second-order valence-corrected chi connectivity index (χ2v) is 4.31. The molecule has 0 radical (unpaired) electrons. The summed E-state index contributed by atoms with van der Waals surface area (Å²) in [7, 11) is 1.64. The van der Waals surface area contributed by atoms with Gasteiger partial charge in [0.25, 0.3) is 0 Å². The highest BCUT2D eigenvalue weighted by Crippen LogP contribution is 2.28. The van der Waals surface area contributed by atoms with Gasteiger partial charge < -0.3 is 9.47 Å². The molecule has 19 heavy (non-hydrogen) atoms. The van der Waals surface area contributed by atoms with E-state index in [2.05, 4.69) is 18.2 Å². The van der Waals surface area contributed by atoms with E-state index in [4.69, 9.17) is 15.9 Å². The van der Waals surface area contributed by atoms with Crippen LogP contribution in [0.3, 0.4) is 0 Å². The molecule has 0 aliphatic heterocycles. The first kappa shape index (κ1) is 15.4. The van der Waals surface area contributed by atoms with Gasteiger partial charge in [0.2, 0.25) is 0 Å². The van der Waals surface area contributed by atoms with Crippen LogP contribution in [0.25, 0.3) is 0 Å². The number of ether oxygens (including phenoxy) is 2. The van der Waals surface area contributed by atoms with Gasteiger partial charge in [0.1, 0.15) is 0 Å². The van der Waals surface area contributed by atoms with Crippen molar-refractivity contribution < 1.29 is 9.47 Å². The summed E-state index contributed by atoms with van der Waals surface area (Å²) in [6.45, 7) is 5.45. The van der Waals surface area contributed by atoms with E-state index in [0.717, 1.165) is 36.4 Å². The quantitative estimate of drug-likeness (QED) is 0.730. The molecule has 0 heterocycles. The fourth-order valence-electron chi connectivity index (χ4n) is 1.87. The van der Waals surface area contributed by atoms with Crippen molar-refractivity contribution >= 4 is 0 Å². The van der Waals surface area contributed by atoms with Crippen LogP contribution in [0.4, 0.5) is 0 Å². The van der Waals surface area contributed by atoms with Crippen LogP contribution in [0.15, 0.2) is 18.2 Å². The van der Waals surface area contributed by atoms with Gasteiger partial charge in [-0.2, -0.15) is 0 Å². The van der Waals surface area contributed by atoms with Crippen LogP contribution in [0.1, 0.15) is 32.3 Å². The Morgan fingerprint density at radius 1 is 1.32 bits per heavy atom. The van der Waals surface area contributed by atoms with Gasteiger partial charge in [-0.25, -0.2) is 0 Å². The molecular weight excluding hydrogens is 238 g/mol. The largest absolute Gasteiger partial charge is 0.493 e. The van der Waals surface area contributed by atoms with E-state index >= 15 is 0 Å². The van der Waals surface area contributed by atoms with Gasteiger partial charge in [0, 0.05) is 6.54 Å². The number of nitrogens with one attached hydrogen (secondary N) is 1. The normalized spacial score (nSPS) is 11.7. The van der Waals surface area contributed by atoms with Crippen molar-refractivity contribution in [1.29, 1.82) is 0 Å². The van der Waals surface area contributed by atoms with Crippen LogP contribution in [0.5, 0.6) is 11.5 Å². The summed E-state index contributed by atoms with van der Waals surface area (Å²) in [4.78, 5) is 0. The third-order valence-corrected chi connectivity index (χ3v) is 2.86. The summed E-state index contributed by atoms with van der Waals surface area (Å²) in [6, 6.07) is 6.07. The smallest absolute Gasteiger partial charge is 0.161 e. The first-order valence-electron chi connectivity index (χ1n) is 6.74. The molecule has 0 amide bonds. The molecule has 0 spiro atoms. The second kappa shape index (κ2) is 8.44. The van der Waals surface area contributed by atoms with E-state index < -0.39 is 0 Å². The number of benzene rings is 1. The zero-order valence-corrected chi connectivity index (χ0v) is 12.0.